The standard InChI is InChI=1S/C20H23NO5/c1-3-14-18(15(23)10-22)19-16(26-11-17(24)25)9-12-7-5-6-8-13(12)20(19)21(14)4-2/h9-10H,3-8,11H2,1-2H3,(H,24,25). The maximum Gasteiger partial charge on any atom is 0.341 e. The van der Waals surface area contributed by atoms with Gasteiger partial charge in [-0.05, 0) is 56.2 Å². The van der Waals surface area contributed by atoms with Gasteiger partial charge >= 0.3 is 5.97 Å². The number of fused-ring (bicyclic) bond motifs is 3. The molecular formula is C20H23NO5. The smallest absolute Gasteiger partial charge is 0.341 e. The van der Waals surface area contributed by atoms with E-state index in [1.807, 2.05) is 19.9 Å². The summed E-state index contributed by atoms with van der Waals surface area (Å²) >= 11 is 0. The Morgan fingerprint density at radius 3 is 2.62 bits per heavy atom. The Bertz CT molecular complexity index is 894. The van der Waals surface area contributed by atoms with Crippen molar-refractivity contribution in [2.24, 2.45) is 0 Å². The number of aryl methyl sites for hydroxylation is 3. The molecule has 0 fully saturated rings. The average Bonchev–Trinajstić information content (AvgIpc) is 3.00. The molecule has 0 aliphatic heterocycles. The van der Waals surface area contributed by atoms with Gasteiger partial charge in [-0.1, -0.05) is 6.92 Å². The minimum atomic E-state index is -1.08. The Morgan fingerprint density at radius 1 is 1.27 bits per heavy atom. The molecular weight excluding hydrogens is 334 g/mol. The quantitative estimate of drug-likeness (QED) is 0.468. The van der Waals surface area contributed by atoms with E-state index in [0.29, 0.717) is 36.0 Å². The number of ether oxygens (including phenoxy) is 1. The van der Waals surface area contributed by atoms with Crippen LogP contribution in [0.3, 0.4) is 0 Å². The number of Topliss-reactive ketones (excluding diaryl/α,β-unsaturated/α-hetero) is 1. The van der Waals surface area contributed by atoms with Crippen LogP contribution in [-0.4, -0.2) is 34.3 Å². The number of nitrogens with zero attached hydrogens (tertiary/aromatic N) is 1. The summed E-state index contributed by atoms with van der Waals surface area (Å²) < 4.78 is 7.65. The summed E-state index contributed by atoms with van der Waals surface area (Å²) in [4.78, 5) is 34.7. The molecule has 0 atom stereocenters. The van der Waals surface area contributed by atoms with Crippen molar-refractivity contribution in [2.45, 2.75) is 52.5 Å². The highest BCUT2D eigenvalue weighted by Gasteiger charge is 2.28. The number of carboxylic acid groups (broad SMARTS) is 1. The minimum absolute atomic E-state index is 0.328. The minimum Gasteiger partial charge on any atom is -0.481 e. The van der Waals surface area contributed by atoms with E-state index < -0.39 is 18.4 Å². The van der Waals surface area contributed by atoms with E-state index in [4.69, 9.17) is 9.84 Å². The molecule has 0 amide bonds. The molecule has 1 aliphatic rings. The van der Waals surface area contributed by atoms with Crippen LogP contribution in [0.15, 0.2) is 6.07 Å². The van der Waals surface area contributed by atoms with Crippen LogP contribution in [0.25, 0.3) is 10.9 Å². The molecule has 1 aliphatic carbocycles. The number of aromatic nitrogens is 1. The second kappa shape index (κ2) is 7.32. The third-order valence-corrected chi connectivity index (χ3v) is 5.07. The molecule has 1 N–H and O–H groups in total. The van der Waals surface area contributed by atoms with Gasteiger partial charge in [-0.3, -0.25) is 9.59 Å². The van der Waals surface area contributed by atoms with Crippen LogP contribution in [0.1, 0.15) is 53.9 Å². The van der Waals surface area contributed by atoms with E-state index in [0.717, 1.165) is 42.5 Å². The first-order chi connectivity index (χ1) is 12.5. The van der Waals surface area contributed by atoms with Crippen molar-refractivity contribution in [3.8, 4) is 5.75 Å². The first-order valence-corrected chi connectivity index (χ1v) is 9.07. The van der Waals surface area contributed by atoms with E-state index in [1.54, 1.807) is 0 Å². The van der Waals surface area contributed by atoms with Gasteiger partial charge in [0, 0.05) is 12.2 Å². The van der Waals surface area contributed by atoms with Gasteiger partial charge in [0.1, 0.15) is 5.75 Å². The third kappa shape index (κ3) is 2.89. The number of carbonyl (C=O) groups excluding carboxylic acids is 2. The fraction of sp³-hybridized carbons (Fsp3) is 0.450. The lowest BCUT2D eigenvalue weighted by Crippen LogP contribution is -2.12. The van der Waals surface area contributed by atoms with Crippen molar-refractivity contribution in [3.63, 3.8) is 0 Å². The fourth-order valence-electron chi connectivity index (χ4n) is 4.10. The number of ketones is 1. The summed E-state index contributed by atoms with van der Waals surface area (Å²) in [5.41, 5.74) is 4.42. The molecule has 6 heteroatoms. The van der Waals surface area contributed by atoms with Crippen LogP contribution in [0.2, 0.25) is 0 Å². The highest BCUT2D eigenvalue weighted by Crippen LogP contribution is 2.41. The maximum absolute atomic E-state index is 12.4. The number of carbonyl (C=O) groups is 3. The molecule has 0 unspecified atom stereocenters. The summed E-state index contributed by atoms with van der Waals surface area (Å²) in [5.74, 6) is -1.28. The van der Waals surface area contributed by atoms with Gasteiger partial charge in [0.05, 0.1) is 16.5 Å². The number of benzene rings is 1. The van der Waals surface area contributed by atoms with Crippen LogP contribution < -0.4 is 4.74 Å². The Labute approximate surface area is 151 Å². The van der Waals surface area contributed by atoms with Gasteiger partial charge in [0.25, 0.3) is 0 Å². The van der Waals surface area contributed by atoms with Gasteiger partial charge in [0.15, 0.2) is 12.9 Å². The highest BCUT2D eigenvalue weighted by atomic mass is 16.5. The Hall–Kier alpha value is -2.63. The molecule has 6 nitrogen and oxygen atoms in total. The largest absolute Gasteiger partial charge is 0.481 e. The number of rotatable bonds is 7. The van der Waals surface area contributed by atoms with E-state index in [2.05, 4.69) is 4.57 Å². The van der Waals surface area contributed by atoms with Gasteiger partial charge in [-0.25, -0.2) is 4.79 Å². The van der Waals surface area contributed by atoms with Crippen molar-refractivity contribution in [3.05, 3.63) is 28.5 Å². The lowest BCUT2D eigenvalue weighted by molar-refractivity contribution is -0.139. The van der Waals surface area contributed by atoms with E-state index in [-0.39, 0.29) is 0 Å². The van der Waals surface area contributed by atoms with E-state index >= 15 is 0 Å². The summed E-state index contributed by atoms with van der Waals surface area (Å²) in [5, 5.41) is 9.59. The monoisotopic (exact) mass is 357 g/mol. The number of aliphatic carboxylic acids is 1. The first-order valence-electron chi connectivity index (χ1n) is 9.07. The Balaban J connectivity index is 2.41. The molecule has 0 bridgehead atoms. The second-order valence-corrected chi connectivity index (χ2v) is 6.53. The van der Waals surface area contributed by atoms with Crippen LogP contribution in [0, 0.1) is 0 Å². The molecule has 1 aromatic carbocycles. The van der Waals surface area contributed by atoms with E-state index in [1.165, 1.54) is 5.56 Å². The summed E-state index contributed by atoms with van der Waals surface area (Å²) in [6.07, 6.45) is 4.89. The number of aldehydes is 1. The molecule has 26 heavy (non-hydrogen) atoms. The summed E-state index contributed by atoms with van der Waals surface area (Å²) in [6, 6.07) is 1.86. The molecule has 3 rings (SSSR count). The van der Waals surface area contributed by atoms with Gasteiger partial charge < -0.3 is 14.4 Å². The molecule has 1 heterocycles. The molecule has 138 valence electrons. The average molecular weight is 357 g/mol. The lowest BCUT2D eigenvalue weighted by atomic mass is 9.88. The van der Waals surface area contributed by atoms with Crippen LogP contribution in [0.5, 0.6) is 5.75 Å². The Morgan fingerprint density at radius 2 is 2.00 bits per heavy atom. The third-order valence-electron chi connectivity index (χ3n) is 5.07. The van der Waals surface area contributed by atoms with Crippen molar-refractivity contribution in [2.75, 3.05) is 6.61 Å². The first kappa shape index (κ1) is 18.2. The molecule has 2 aromatic rings. The van der Waals surface area contributed by atoms with Crippen molar-refractivity contribution < 1.29 is 24.2 Å². The predicted octanol–water partition coefficient (Wildman–Crippen LogP) is 2.95. The zero-order chi connectivity index (χ0) is 18.8. The molecule has 0 spiro atoms. The second-order valence-electron chi connectivity index (χ2n) is 6.53. The van der Waals surface area contributed by atoms with Crippen LogP contribution in [-0.2, 0) is 35.4 Å². The van der Waals surface area contributed by atoms with Crippen LogP contribution in [0.4, 0.5) is 0 Å². The maximum atomic E-state index is 12.4. The van der Waals surface area contributed by atoms with Crippen molar-refractivity contribution in [1.29, 1.82) is 0 Å². The zero-order valence-corrected chi connectivity index (χ0v) is 15.1. The number of hydrogen-bond acceptors (Lipinski definition) is 4. The highest BCUT2D eigenvalue weighted by molar-refractivity contribution is 6.37. The fourth-order valence-corrected chi connectivity index (χ4v) is 4.10. The summed E-state index contributed by atoms with van der Waals surface area (Å²) in [6.45, 7) is 4.14. The molecule has 0 saturated heterocycles. The molecule has 0 radical (unpaired) electrons. The predicted molar refractivity (Wildman–Crippen MR) is 97.2 cm³/mol. The topological polar surface area (TPSA) is 85.6 Å². The zero-order valence-electron chi connectivity index (χ0n) is 15.1. The van der Waals surface area contributed by atoms with Crippen LogP contribution >= 0.6 is 0 Å². The van der Waals surface area contributed by atoms with Crippen molar-refractivity contribution in [1.82, 2.24) is 4.57 Å². The Kier molecular flexibility index (Phi) is 5.11. The number of hydrogen-bond donors (Lipinski definition) is 1. The van der Waals surface area contributed by atoms with Gasteiger partial charge in [-0.15, -0.1) is 0 Å². The lowest BCUT2D eigenvalue weighted by Gasteiger charge is -2.20. The molecule has 0 saturated carbocycles. The SMILES string of the molecule is CCc1c(C(=O)C=O)c2c(OCC(=O)O)cc3c(c2n1CC)CCCC3. The van der Waals surface area contributed by atoms with Gasteiger partial charge in [0.2, 0.25) is 5.78 Å². The summed E-state index contributed by atoms with van der Waals surface area (Å²) in [7, 11) is 0. The van der Waals surface area contributed by atoms with Gasteiger partial charge in [-0.2, -0.15) is 0 Å². The molecule has 1 aromatic heterocycles. The number of carboxylic acids is 1. The normalized spacial score (nSPS) is 13.5. The van der Waals surface area contributed by atoms with E-state index in [9.17, 15) is 14.4 Å². The van der Waals surface area contributed by atoms with Crippen molar-refractivity contribution >= 4 is 28.9 Å².